The van der Waals surface area contributed by atoms with Gasteiger partial charge in [-0.1, -0.05) is 18.0 Å². The van der Waals surface area contributed by atoms with Gasteiger partial charge in [0, 0.05) is 12.4 Å². The first kappa shape index (κ1) is 18.4. The van der Waals surface area contributed by atoms with E-state index in [1.165, 1.54) is 0 Å². The van der Waals surface area contributed by atoms with Crippen LogP contribution in [-0.4, -0.2) is 26.8 Å². The molecule has 26 heavy (non-hydrogen) atoms. The summed E-state index contributed by atoms with van der Waals surface area (Å²) >= 11 is 0. The quantitative estimate of drug-likeness (QED) is 0.897. The molecule has 2 aromatic rings. The summed E-state index contributed by atoms with van der Waals surface area (Å²) in [6.45, 7) is 7.54. The van der Waals surface area contributed by atoms with Crippen LogP contribution >= 0.6 is 0 Å². The van der Waals surface area contributed by atoms with Gasteiger partial charge < -0.3 is 14.6 Å². The van der Waals surface area contributed by atoms with Crippen LogP contribution in [-0.2, 0) is 16.7 Å². The Hall–Kier alpha value is -2.44. The van der Waals surface area contributed by atoms with Crippen LogP contribution in [0.15, 0.2) is 23.0 Å². The number of carbonyl (C=O) groups excluding carboxylic acids is 1. The second kappa shape index (κ2) is 7.05. The van der Waals surface area contributed by atoms with Gasteiger partial charge in [0.05, 0.1) is 6.42 Å². The number of ether oxygens (including phenoxy) is 1. The van der Waals surface area contributed by atoms with Crippen molar-refractivity contribution in [1.29, 1.82) is 0 Å². The van der Waals surface area contributed by atoms with Crippen molar-refractivity contribution in [2.75, 3.05) is 0 Å². The smallest absolute Gasteiger partial charge is 0.408 e. The standard InChI is InChI=1S/C19H26N4O3/c1-13-12-20-10-7-14(13)11-15-21-16(23-26-15)19(8-5-6-9-19)22-17(24)25-18(2,3)4/h7,10,12H,5-6,8-9,11H2,1-4H3,(H,22,24). The fraction of sp³-hybridized carbons (Fsp3) is 0.579. The average molecular weight is 358 g/mol. The monoisotopic (exact) mass is 358 g/mol. The minimum absolute atomic E-state index is 0.448. The first-order valence-corrected chi connectivity index (χ1v) is 9.01. The molecule has 0 aromatic carbocycles. The lowest BCUT2D eigenvalue weighted by Crippen LogP contribution is -2.46. The van der Waals surface area contributed by atoms with Gasteiger partial charge in [0.1, 0.15) is 11.1 Å². The lowest BCUT2D eigenvalue weighted by Gasteiger charge is -2.28. The zero-order valence-electron chi connectivity index (χ0n) is 15.8. The molecule has 1 saturated carbocycles. The third-order valence-electron chi connectivity index (χ3n) is 4.57. The van der Waals surface area contributed by atoms with Crippen molar-refractivity contribution in [1.82, 2.24) is 20.4 Å². The van der Waals surface area contributed by atoms with Crippen molar-refractivity contribution in [2.45, 2.75) is 70.9 Å². The molecule has 1 N–H and O–H groups in total. The molecule has 0 spiro atoms. The first-order chi connectivity index (χ1) is 12.3. The minimum atomic E-state index is -0.614. The number of pyridine rings is 1. The summed E-state index contributed by atoms with van der Waals surface area (Å²) in [6, 6.07) is 1.95. The first-order valence-electron chi connectivity index (χ1n) is 9.01. The number of amides is 1. The molecule has 0 atom stereocenters. The van der Waals surface area contributed by atoms with Crippen LogP contribution in [0.1, 0.15) is 69.3 Å². The largest absolute Gasteiger partial charge is 0.444 e. The topological polar surface area (TPSA) is 90.1 Å². The van der Waals surface area contributed by atoms with Gasteiger partial charge in [0.15, 0.2) is 5.82 Å². The minimum Gasteiger partial charge on any atom is -0.444 e. The number of aryl methyl sites for hydroxylation is 1. The van der Waals surface area contributed by atoms with Gasteiger partial charge in [0.2, 0.25) is 5.89 Å². The number of nitrogens with zero attached hydrogens (tertiary/aromatic N) is 3. The predicted molar refractivity (Wildman–Crippen MR) is 95.6 cm³/mol. The molecule has 0 radical (unpaired) electrons. The number of nitrogens with one attached hydrogen (secondary N) is 1. The summed E-state index contributed by atoms with van der Waals surface area (Å²) < 4.78 is 10.9. The summed E-state index contributed by atoms with van der Waals surface area (Å²) in [4.78, 5) is 21.0. The number of alkyl carbamates (subject to hydrolysis) is 1. The molecule has 7 heteroatoms. The molecule has 1 amide bonds. The van der Waals surface area contributed by atoms with Crippen LogP contribution < -0.4 is 5.32 Å². The molecular formula is C19H26N4O3. The molecule has 1 aliphatic carbocycles. The van der Waals surface area contributed by atoms with Gasteiger partial charge in [0.25, 0.3) is 0 Å². The van der Waals surface area contributed by atoms with Gasteiger partial charge in [-0.2, -0.15) is 4.98 Å². The SMILES string of the molecule is Cc1cnccc1Cc1nc(C2(NC(=O)OC(C)(C)C)CCCC2)no1. The maximum atomic E-state index is 12.3. The van der Waals surface area contributed by atoms with E-state index in [1.807, 2.05) is 40.0 Å². The van der Waals surface area contributed by atoms with Gasteiger partial charge >= 0.3 is 6.09 Å². The lowest BCUT2D eigenvalue weighted by molar-refractivity contribution is 0.0446. The van der Waals surface area contributed by atoms with Crippen LogP contribution in [0.5, 0.6) is 0 Å². The molecule has 1 fully saturated rings. The van der Waals surface area contributed by atoms with Crippen LogP contribution in [0.2, 0.25) is 0 Å². The van der Waals surface area contributed by atoms with Crippen LogP contribution in [0.25, 0.3) is 0 Å². The second-order valence-electron chi connectivity index (χ2n) is 7.91. The van der Waals surface area contributed by atoms with Crippen molar-refractivity contribution in [2.24, 2.45) is 0 Å². The molecule has 0 bridgehead atoms. The Labute approximate surface area is 153 Å². The molecule has 140 valence electrons. The van der Waals surface area contributed by atoms with Crippen molar-refractivity contribution in [3.63, 3.8) is 0 Å². The van der Waals surface area contributed by atoms with Crippen LogP contribution in [0.3, 0.4) is 0 Å². The molecule has 7 nitrogen and oxygen atoms in total. The molecule has 0 saturated heterocycles. The van der Waals surface area contributed by atoms with Crippen molar-refractivity contribution >= 4 is 6.09 Å². The molecule has 2 aromatic heterocycles. The van der Waals surface area contributed by atoms with E-state index in [-0.39, 0.29) is 0 Å². The van der Waals surface area contributed by atoms with E-state index in [0.29, 0.717) is 18.1 Å². The Balaban J connectivity index is 1.78. The fourth-order valence-corrected chi connectivity index (χ4v) is 3.27. The van der Waals surface area contributed by atoms with Crippen molar-refractivity contribution in [3.8, 4) is 0 Å². The van der Waals surface area contributed by atoms with Crippen LogP contribution in [0, 0.1) is 6.92 Å². The highest BCUT2D eigenvalue weighted by atomic mass is 16.6. The molecular weight excluding hydrogens is 332 g/mol. The lowest BCUT2D eigenvalue weighted by atomic mass is 9.97. The zero-order chi connectivity index (χ0) is 18.8. The maximum absolute atomic E-state index is 12.3. The molecule has 1 aliphatic rings. The van der Waals surface area contributed by atoms with E-state index >= 15 is 0 Å². The number of hydrogen-bond acceptors (Lipinski definition) is 6. The zero-order valence-corrected chi connectivity index (χ0v) is 15.8. The Morgan fingerprint density at radius 3 is 2.73 bits per heavy atom. The van der Waals surface area contributed by atoms with Gasteiger partial charge in [-0.15, -0.1) is 0 Å². The van der Waals surface area contributed by atoms with E-state index in [1.54, 1.807) is 6.20 Å². The molecule has 0 unspecified atom stereocenters. The molecule has 2 heterocycles. The highest BCUT2D eigenvalue weighted by Gasteiger charge is 2.42. The van der Waals surface area contributed by atoms with E-state index in [9.17, 15) is 4.79 Å². The fourth-order valence-electron chi connectivity index (χ4n) is 3.27. The third kappa shape index (κ3) is 4.20. The van der Waals surface area contributed by atoms with Crippen LogP contribution in [0.4, 0.5) is 4.79 Å². The summed E-state index contributed by atoms with van der Waals surface area (Å²) in [5, 5.41) is 7.17. The molecule has 0 aliphatic heterocycles. The number of aromatic nitrogens is 3. The predicted octanol–water partition coefficient (Wildman–Crippen LogP) is 3.66. The summed E-state index contributed by atoms with van der Waals surface area (Å²) in [5.74, 6) is 1.06. The average Bonchev–Trinajstić information content (AvgIpc) is 3.18. The Morgan fingerprint density at radius 2 is 2.08 bits per heavy atom. The van der Waals surface area contributed by atoms with Gasteiger partial charge in [-0.25, -0.2) is 4.79 Å². The summed E-state index contributed by atoms with van der Waals surface area (Å²) in [5.41, 5.74) is 1.01. The van der Waals surface area contributed by atoms with Crippen molar-refractivity contribution < 1.29 is 14.1 Å². The number of rotatable bonds is 4. The normalized spacial score (nSPS) is 16.5. The maximum Gasteiger partial charge on any atom is 0.408 e. The third-order valence-corrected chi connectivity index (χ3v) is 4.57. The second-order valence-corrected chi connectivity index (χ2v) is 7.91. The highest BCUT2D eigenvalue weighted by Crippen LogP contribution is 2.37. The highest BCUT2D eigenvalue weighted by molar-refractivity contribution is 5.69. The number of carbonyl (C=O) groups is 1. The van der Waals surface area contributed by atoms with E-state index in [2.05, 4.69) is 20.4 Å². The Bertz CT molecular complexity index is 773. The van der Waals surface area contributed by atoms with E-state index < -0.39 is 17.2 Å². The number of hydrogen-bond donors (Lipinski definition) is 1. The van der Waals surface area contributed by atoms with Gasteiger partial charge in [-0.05, 0) is 57.7 Å². The van der Waals surface area contributed by atoms with Crippen molar-refractivity contribution in [3.05, 3.63) is 41.3 Å². The van der Waals surface area contributed by atoms with E-state index in [4.69, 9.17) is 9.26 Å². The van der Waals surface area contributed by atoms with E-state index in [0.717, 1.165) is 36.8 Å². The summed E-state index contributed by atoms with van der Waals surface area (Å²) in [6.07, 6.45) is 7.22. The molecule has 3 rings (SSSR count). The Kier molecular flexibility index (Phi) is 4.98. The van der Waals surface area contributed by atoms with Gasteiger partial charge in [-0.3, -0.25) is 4.98 Å². The Morgan fingerprint density at radius 1 is 1.35 bits per heavy atom. The summed E-state index contributed by atoms with van der Waals surface area (Å²) in [7, 11) is 0.